The smallest absolute Gasteiger partial charge is 0.269 e. The number of nitrogens with one attached hydrogen (secondary N) is 1. The summed E-state index contributed by atoms with van der Waals surface area (Å²) in [4.78, 5) is 39.1. The van der Waals surface area contributed by atoms with E-state index in [0.717, 1.165) is 26.2 Å². The van der Waals surface area contributed by atoms with Gasteiger partial charge in [0.15, 0.2) is 5.65 Å². The van der Waals surface area contributed by atoms with Gasteiger partial charge >= 0.3 is 0 Å². The first-order chi connectivity index (χ1) is 13.0. The second kappa shape index (κ2) is 6.76. The Bertz CT molecular complexity index is 1050. The summed E-state index contributed by atoms with van der Waals surface area (Å²) in [6.07, 6.45) is 1.60. The number of nitro groups is 1. The van der Waals surface area contributed by atoms with Gasteiger partial charge in [0, 0.05) is 44.5 Å². The van der Waals surface area contributed by atoms with E-state index < -0.39 is 4.92 Å². The molecule has 0 saturated carbocycles. The first kappa shape index (κ1) is 17.1. The Labute approximate surface area is 154 Å². The van der Waals surface area contributed by atoms with Crippen LogP contribution in [-0.2, 0) is 0 Å². The number of nitrogens with zero attached hydrogens (tertiary/aromatic N) is 5. The highest BCUT2D eigenvalue weighted by Crippen LogP contribution is 2.26. The largest absolute Gasteiger partial charge is 0.340 e. The van der Waals surface area contributed by atoms with Gasteiger partial charge in [-0.1, -0.05) is 0 Å². The number of nitro benzene ring substituents is 1. The van der Waals surface area contributed by atoms with Crippen molar-refractivity contribution in [2.24, 2.45) is 0 Å². The Morgan fingerprint density at radius 3 is 2.48 bits per heavy atom. The summed E-state index contributed by atoms with van der Waals surface area (Å²) in [6.45, 7) is 3.37. The number of aromatic amines is 1. The van der Waals surface area contributed by atoms with Gasteiger partial charge in [0.1, 0.15) is 0 Å². The van der Waals surface area contributed by atoms with Gasteiger partial charge in [0.25, 0.3) is 11.2 Å². The average Bonchev–Trinajstić information content (AvgIpc) is 2.68. The molecule has 1 aliphatic rings. The summed E-state index contributed by atoms with van der Waals surface area (Å²) in [5.41, 5.74) is 1.45. The summed E-state index contributed by atoms with van der Waals surface area (Å²) in [7, 11) is 2.06. The molecule has 0 radical (unpaired) electrons. The van der Waals surface area contributed by atoms with Gasteiger partial charge in [-0.3, -0.25) is 19.9 Å². The molecule has 138 valence electrons. The van der Waals surface area contributed by atoms with Crippen molar-refractivity contribution in [3.63, 3.8) is 0 Å². The molecule has 9 nitrogen and oxygen atoms in total. The predicted octanol–water partition coefficient (Wildman–Crippen LogP) is 1.65. The van der Waals surface area contributed by atoms with E-state index in [1.54, 1.807) is 24.4 Å². The number of benzene rings is 1. The zero-order valence-electron chi connectivity index (χ0n) is 14.8. The van der Waals surface area contributed by atoms with Crippen molar-refractivity contribution in [3.05, 3.63) is 57.0 Å². The SMILES string of the molecule is CN1CCN(c2nc3nccc(-c4ccc([N+](=O)[O-])cc4)c3c(=O)[nH]2)CC1. The Kier molecular flexibility index (Phi) is 4.28. The van der Waals surface area contributed by atoms with Crippen molar-refractivity contribution in [3.8, 4) is 11.1 Å². The van der Waals surface area contributed by atoms with Crippen LogP contribution in [0, 0.1) is 10.1 Å². The molecule has 0 amide bonds. The maximum Gasteiger partial charge on any atom is 0.269 e. The van der Waals surface area contributed by atoms with Crippen LogP contribution < -0.4 is 10.5 Å². The van der Waals surface area contributed by atoms with Gasteiger partial charge in [-0.15, -0.1) is 0 Å². The first-order valence-corrected chi connectivity index (χ1v) is 8.60. The van der Waals surface area contributed by atoms with Crippen LogP contribution >= 0.6 is 0 Å². The van der Waals surface area contributed by atoms with E-state index in [-0.39, 0.29) is 11.2 Å². The number of aromatic nitrogens is 3. The van der Waals surface area contributed by atoms with Crippen LogP contribution in [0.3, 0.4) is 0 Å². The molecular weight excluding hydrogens is 348 g/mol. The number of hydrogen-bond acceptors (Lipinski definition) is 7. The molecular formula is C18H18N6O3. The highest BCUT2D eigenvalue weighted by atomic mass is 16.6. The van der Waals surface area contributed by atoms with Crippen molar-refractivity contribution < 1.29 is 4.92 Å². The van der Waals surface area contributed by atoms with Gasteiger partial charge < -0.3 is 9.80 Å². The Morgan fingerprint density at radius 2 is 1.81 bits per heavy atom. The van der Waals surface area contributed by atoms with Crippen LogP contribution in [0.4, 0.5) is 11.6 Å². The normalized spacial score (nSPS) is 15.2. The predicted molar refractivity (Wildman–Crippen MR) is 102 cm³/mol. The van der Waals surface area contributed by atoms with E-state index in [4.69, 9.17) is 0 Å². The monoisotopic (exact) mass is 366 g/mol. The number of non-ortho nitro benzene ring substituents is 1. The zero-order chi connectivity index (χ0) is 19.0. The van der Waals surface area contributed by atoms with Gasteiger partial charge in [-0.25, -0.2) is 4.98 Å². The highest BCUT2D eigenvalue weighted by molar-refractivity contribution is 5.92. The number of piperazine rings is 1. The molecule has 27 heavy (non-hydrogen) atoms. The van der Waals surface area contributed by atoms with Crippen molar-refractivity contribution >= 4 is 22.7 Å². The van der Waals surface area contributed by atoms with Crippen molar-refractivity contribution in [1.29, 1.82) is 0 Å². The molecule has 3 aromatic rings. The van der Waals surface area contributed by atoms with Gasteiger partial charge in [-0.05, 0) is 36.4 Å². The molecule has 0 bridgehead atoms. The quantitative estimate of drug-likeness (QED) is 0.554. The maximum absolute atomic E-state index is 12.8. The van der Waals surface area contributed by atoms with Crippen LogP contribution in [-0.4, -0.2) is 58.0 Å². The van der Waals surface area contributed by atoms with Crippen LogP contribution in [0.25, 0.3) is 22.2 Å². The molecule has 1 aromatic carbocycles. The number of H-pyrrole nitrogens is 1. The standard InChI is InChI=1S/C18H18N6O3/c1-22-8-10-23(11-9-22)18-20-16-15(17(25)21-18)14(6-7-19-16)12-2-4-13(5-3-12)24(26)27/h2-7H,8-11H2,1H3,(H,19,20,21,25). The van der Waals surface area contributed by atoms with Crippen molar-refractivity contribution in [2.75, 3.05) is 38.1 Å². The molecule has 0 aliphatic carbocycles. The summed E-state index contributed by atoms with van der Waals surface area (Å²) in [5, 5.41) is 11.2. The summed E-state index contributed by atoms with van der Waals surface area (Å²) < 4.78 is 0. The minimum Gasteiger partial charge on any atom is -0.340 e. The van der Waals surface area contributed by atoms with Gasteiger partial charge in [-0.2, -0.15) is 4.98 Å². The lowest BCUT2D eigenvalue weighted by Crippen LogP contribution is -2.45. The molecule has 9 heteroatoms. The van der Waals surface area contributed by atoms with E-state index in [1.807, 2.05) is 4.90 Å². The Balaban J connectivity index is 1.77. The maximum atomic E-state index is 12.8. The van der Waals surface area contributed by atoms with Gasteiger partial charge in [0.05, 0.1) is 10.3 Å². The lowest BCUT2D eigenvalue weighted by molar-refractivity contribution is -0.384. The number of pyridine rings is 1. The van der Waals surface area contributed by atoms with E-state index in [2.05, 4.69) is 26.9 Å². The number of hydrogen-bond donors (Lipinski definition) is 1. The van der Waals surface area contributed by atoms with Crippen LogP contribution in [0.5, 0.6) is 0 Å². The second-order valence-corrected chi connectivity index (χ2v) is 6.54. The molecule has 1 saturated heterocycles. The number of likely N-dealkylation sites (N-methyl/N-ethyl adjacent to an activating group) is 1. The molecule has 0 spiro atoms. The third-order valence-corrected chi connectivity index (χ3v) is 4.79. The highest BCUT2D eigenvalue weighted by Gasteiger charge is 2.19. The van der Waals surface area contributed by atoms with Crippen LogP contribution in [0.2, 0.25) is 0 Å². The van der Waals surface area contributed by atoms with Gasteiger partial charge in [0.2, 0.25) is 5.95 Å². The molecule has 1 N–H and O–H groups in total. The molecule has 2 aromatic heterocycles. The first-order valence-electron chi connectivity index (χ1n) is 8.60. The lowest BCUT2D eigenvalue weighted by atomic mass is 10.0. The number of fused-ring (bicyclic) bond motifs is 1. The molecule has 1 aliphatic heterocycles. The lowest BCUT2D eigenvalue weighted by Gasteiger charge is -2.32. The topological polar surface area (TPSA) is 108 Å². The average molecular weight is 366 g/mol. The van der Waals surface area contributed by atoms with Crippen LogP contribution in [0.1, 0.15) is 0 Å². The van der Waals surface area contributed by atoms with E-state index in [1.165, 1.54) is 12.1 Å². The minimum atomic E-state index is -0.453. The molecule has 1 fully saturated rings. The number of anilines is 1. The third kappa shape index (κ3) is 3.24. The van der Waals surface area contributed by atoms with E-state index in [0.29, 0.717) is 28.1 Å². The van der Waals surface area contributed by atoms with E-state index in [9.17, 15) is 14.9 Å². The summed E-state index contributed by atoms with van der Waals surface area (Å²) >= 11 is 0. The summed E-state index contributed by atoms with van der Waals surface area (Å²) in [5.74, 6) is 0.522. The van der Waals surface area contributed by atoms with Crippen molar-refractivity contribution in [1.82, 2.24) is 19.9 Å². The molecule has 0 atom stereocenters. The third-order valence-electron chi connectivity index (χ3n) is 4.79. The molecule has 4 rings (SSSR count). The zero-order valence-corrected chi connectivity index (χ0v) is 14.8. The van der Waals surface area contributed by atoms with Crippen LogP contribution in [0.15, 0.2) is 41.3 Å². The summed E-state index contributed by atoms with van der Waals surface area (Å²) in [6, 6.07) is 7.81. The second-order valence-electron chi connectivity index (χ2n) is 6.54. The van der Waals surface area contributed by atoms with E-state index >= 15 is 0 Å². The fourth-order valence-electron chi connectivity index (χ4n) is 3.22. The fourth-order valence-corrected chi connectivity index (χ4v) is 3.22. The fraction of sp³-hybridized carbons (Fsp3) is 0.278. The Hall–Kier alpha value is -3.33. The Morgan fingerprint density at radius 1 is 1.11 bits per heavy atom. The van der Waals surface area contributed by atoms with Crippen molar-refractivity contribution in [2.45, 2.75) is 0 Å². The number of rotatable bonds is 3. The molecule has 0 unspecified atom stereocenters. The molecule has 3 heterocycles. The minimum absolute atomic E-state index is 0.00139.